The van der Waals surface area contributed by atoms with Crippen molar-refractivity contribution in [2.45, 2.75) is 58.4 Å². The average molecular weight is 195 g/mol. The topological polar surface area (TPSA) is 29.4 Å². The molecule has 0 N–H and O–H groups in total. The molecule has 1 aliphatic rings. The Morgan fingerprint density at radius 1 is 1.36 bits per heavy atom. The Kier molecular flexibility index (Phi) is 4.89. The van der Waals surface area contributed by atoms with E-state index >= 15 is 0 Å². The van der Waals surface area contributed by atoms with Gasteiger partial charge < -0.3 is 0 Å². The minimum atomic E-state index is 0.278. The molecule has 1 unspecified atom stereocenters. The minimum Gasteiger partial charge on any atom is -0.211 e. The number of isocyanates is 1. The van der Waals surface area contributed by atoms with E-state index in [1.54, 1.807) is 6.08 Å². The first kappa shape index (κ1) is 11.5. The van der Waals surface area contributed by atoms with Crippen LogP contribution in [0.2, 0.25) is 0 Å². The maximum atomic E-state index is 10.1. The number of rotatable bonds is 4. The Balaban J connectivity index is 2.25. The zero-order valence-corrected chi connectivity index (χ0v) is 9.33. The van der Waals surface area contributed by atoms with Gasteiger partial charge in [0.25, 0.3) is 0 Å². The van der Waals surface area contributed by atoms with E-state index < -0.39 is 0 Å². The van der Waals surface area contributed by atoms with Crippen LogP contribution in [0.4, 0.5) is 0 Å². The van der Waals surface area contributed by atoms with Gasteiger partial charge in [-0.15, -0.1) is 0 Å². The normalized spacial score (nSPS) is 29.3. The Morgan fingerprint density at radius 3 is 2.50 bits per heavy atom. The van der Waals surface area contributed by atoms with Gasteiger partial charge >= 0.3 is 0 Å². The molecule has 0 aromatic rings. The van der Waals surface area contributed by atoms with Crippen molar-refractivity contribution in [3.63, 3.8) is 0 Å². The van der Waals surface area contributed by atoms with Gasteiger partial charge in [-0.3, -0.25) is 0 Å². The largest absolute Gasteiger partial charge is 0.235 e. The van der Waals surface area contributed by atoms with Crippen molar-refractivity contribution in [2.75, 3.05) is 0 Å². The Labute approximate surface area is 86.8 Å². The molecule has 2 heteroatoms. The third-order valence-electron chi connectivity index (χ3n) is 3.48. The second-order valence-electron chi connectivity index (χ2n) is 4.64. The highest BCUT2D eigenvalue weighted by Crippen LogP contribution is 2.31. The van der Waals surface area contributed by atoms with Crippen LogP contribution >= 0.6 is 0 Å². The fourth-order valence-corrected chi connectivity index (χ4v) is 2.32. The number of aliphatic imine (C=N–C) groups is 1. The number of hydrogen-bond donors (Lipinski definition) is 0. The predicted molar refractivity (Wildman–Crippen MR) is 57.9 cm³/mol. The van der Waals surface area contributed by atoms with Crippen LogP contribution in [0.25, 0.3) is 0 Å². The summed E-state index contributed by atoms with van der Waals surface area (Å²) < 4.78 is 0. The van der Waals surface area contributed by atoms with Crippen molar-refractivity contribution in [1.29, 1.82) is 0 Å². The smallest absolute Gasteiger partial charge is 0.211 e. The van der Waals surface area contributed by atoms with Crippen LogP contribution in [0.1, 0.15) is 52.4 Å². The predicted octanol–water partition coefficient (Wildman–Crippen LogP) is 3.32. The van der Waals surface area contributed by atoms with Gasteiger partial charge in [-0.2, -0.15) is 0 Å². The fraction of sp³-hybridized carbons (Fsp3) is 0.917. The molecule has 14 heavy (non-hydrogen) atoms. The summed E-state index contributed by atoms with van der Waals surface area (Å²) in [6.07, 6.45) is 9.01. The van der Waals surface area contributed by atoms with E-state index in [-0.39, 0.29) is 6.04 Å². The van der Waals surface area contributed by atoms with E-state index in [9.17, 15) is 4.79 Å². The number of carbonyl (C=O) groups excluding carboxylic acids is 1. The first-order valence-electron chi connectivity index (χ1n) is 5.83. The average Bonchev–Trinajstić information content (AvgIpc) is 2.21. The summed E-state index contributed by atoms with van der Waals surface area (Å²) in [5.41, 5.74) is 0. The van der Waals surface area contributed by atoms with Crippen molar-refractivity contribution in [1.82, 2.24) is 0 Å². The SMILES string of the molecule is CCC(C)CC1CCC(N=C=O)CC1. The van der Waals surface area contributed by atoms with E-state index in [4.69, 9.17) is 0 Å². The molecular weight excluding hydrogens is 174 g/mol. The molecule has 0 radical (unpaired) electrons. The summed E-state index contributed by atoms with van der Waals surface area (Å²) >= 11 is 0. The van der Waals surface area contributed by atoms with Gasteiger partial charge in [-0.05, 0) is 43.9 Å². The van der Waals surface area contributed by atoms with Gasteiger partial charge in [0.15, 0.2) is 0 Å². The molecule has 80 valence electrons. The highest BCUT2D eigenvalue weighted by molar-refractivity contribution is 5.33. The molecule has 1 rings (SSSR count). The van der Waals surface area contributed by atoms with Gasteiger partial charge in [0.1, 0.15) is 0 Å². The Bertz CT molecular complexity index is 200. The molecule has 1 fully saturated rings. The van der Waals surface area contributed by atoms with Gasteiger partial charge in [0.05, 0.1) is 6.04 Å². The summed E-state index contributed by atoms with van der Waals surface area (Å²) in [6.45, 7) is 4.59. The summed E-state index contributed by atoms with van der Waals surface area (Å²) in [7, 11) is 0. The van der Waals surface area contributed by atoms with Crippen molar-refractivity contribution in [3.8, 4) is 0 Å². The number of nitrogens with zero attached hydrogens (tertiary/aromatic N) is 1. The van der Waals surface area contributed by atoms with Crippen molar-refractivity contribution >= 4 is 6.08 Å². The molecule has 0 amide bonds. The van der Waals surface area contributed by atoms with E-state index in [0.29, 0.717) is 0 Å². The molecule has 2 nitrogen and oxygen atoms in total. The minimum absolute atomic E-state index is 0.278. The van der Waals surface area contributed by atoms with Crippen molar-refractivity contribution in [3.05, 3.63) is 0 Å². The van der Waals surface area contributed by atoms with E-state index in [1.807, 2.05) is 0 Å². The third kappa shape index (κ3) is 3.63. The fourth-order valence-electron chi connectivity index (χ4n) is 2.32. The molecular formula is C12H21NO. The Morgan fingerprint density at radius 2 is 2.00 bits per heavy atom. The zero-order chi connectivity index (χ0) is 10.4. The monoisotopic (exact) mass is 195 g/mol. The second kappa shape index (κ2) is 5.98. The van der Waals surface area contributed by atoms with Crippen molar-refractivity contribution in [2.24, 2.45) is 16.8 Å². The molecule has 1 atom stereocenters. The number of hydrogen-bond acceptors (Lipinski definition) is 2. The van der Waals surface area contributed by atoms with Crippen LogP contribution in [-0.4, -0.2) is 12.1 Å². The third-order valence-corrected chi connectivity index (χ3v) is 3.48. The lowest BCUT2D eigenvalue weighted by Crippen LogP contribution is -2.18. The molecule has 0 aromatic carbocycles. The highest BCUT2D eigenvalue weighted by atomic mass is 16.1. The Hall–Kier alpha value is -0.620. The molecule has 1 saturated carbocycles. The lowest BCUT2D eigenvalue weighted by Gasteiger charge is -2.27. The van der Waals surface area contributed by atoms with Crippen molar-refractivity contribution < 1.29 is 4.79 Å². The quantitative estimate of drug-likeness (QED) is 0.500. The zero-order valence-electron chi connectivity index (χ0n) is 9.33. The first-order valence-corrected chi connectivity index (χ1v) is 5.83. The molecule has 0 saturated heterocycles. The summed E-state index contributed by atoms with van der Waals surface area (Å²) in [4.78, 5) is 13.9. The summed E-state index contributed by atoms with van der Waals surface area (Å²) in [6, 6.07) is 0.278. The summed E-state index contributed by atoms with van der Waals surface area (Å²) in [5.74, 6) is 1.73. The summed E-state index contributed by atoms with van der Waals surface area (Å²) in [5, 5.41) is 0. The van der Waals surface area contributed by atoms with Crippen LogP contribution in [-0.2, 0) is 4.79 Å². The molecule has 0 aromatic heterocycles. The highest BCUT2D eigenvalue weighted by Gasteiger charge is 2.21. The van der Waals surface area contributed by atoms with E-state index in [2.05, 4.69) is 18.8 Å². The van der Waals surface area contributed by atoms with Gasteiger partial charge in [-0.1, -0.05) is 20.3 Å². The van der Waals surface area contributed by atoms with E-state index in [0.717, 1.165) is 24.7 Å². The van der Waals surface area contributed by atoms with Gasteiger partial charge in [0, 0.05) is 0 Å². The van der Waals surface area contributed by atoms with Gasteiger partial charge in [0.2, 0.25) is 6.08 Å². The first-order chi connectivity index (χ1) is 6.76. The van der Waals surface area contributed by atoms with Crippen LogP contribution in [0.5, 0.6) is 0 Å². The van der Waals surface area contributed by atoms with Crippen LogP contribution in [0.3, 0.4) is 0 Å². The van der Waals surface area contributed by atoms with Crippen LogP contribution < -0.4 is 0 Å². The molecule has 0 bridgehead atoms. The maximum Gasteiger partial charge on any atom is 0.235 e. The molecule has 0 aliphatic heterocycles. The second-order valence-corrected chi connectivity index (χ2v) is 4.64. The van der Waals surface area contributed by atoms with Crippen LogP contribution in [0.15, 0.2) is 4.99 Å². The molecule has 0 heterocycles. The maximum absolute atomic E-state index is 10.1. The molecule has 1 aliphatic carbocycles. The lowest BCUT2D eigenvalue weighted by molar-refractivity contribution is 0.274. The standard InChI is InChI=1S/C12H21NO/c1-3-10(2)8-11-4-6-12(7-5-11)13-9-14/h10-12H,3-8H2,1-2H3. The van der Waals surface area contributed by atoms with Gasteiger partial charge in [-0.25, -0.2) is 9.79 Å². The molecule has 0 spiro atoms. The lowest BCUT2D eigenvalue weighted by atomic mass is 9.81. The van der Waals surface area contributed by atoms with E-state index in [1.165, 1.54) is 25.7 Å². The van der Waals surface area contributed by atoms with Crippen LogP contribution in [0, 0.1) is 11.8 Å².